The number of nitrogens with zero attached hydrogens (tertiary/aromatic N) is 2. The highest BCUT2D eigenvalue weighted by atomic mass is 19.1. The Kier molecular flexibility index (Phi) is 7.53. The molecule has 1 aliphatic rings. The number of hydrogen-bond donors (Lipinski definition) is 1. The number of benzene rings is 1. The molecule has 2 aromatic rings. The van der Waals surface area contributed by atoms with E-state index in [1.165, 1.54) is 23.1 Å². The molecular formula is C22H30FN3O3. The van der Waals surface area contributed by atoms with Gasteiger partial charge in [-0.05, 0) is 43.0 Å². The first-order valence-corrected chi connectivity index (χ1v) is 9.94. The molecule has 2 unspecified atom stereocenters. The molecule has 1 aromatic carbocycles. The molecule has 1 saturated heterocycles. The fourth-order valence-corrected chi connectivity index (χ4v) is 2.77. The van der Waals surface area contributed by atoms with Gasteiger partial charge in [-0.1, -0.05) is 39.8 Å². The summed E-state index contributed by atoms with van der Waals surface area (Å²) in [6.07, 6.45) is 0. The second-order valence-electron chi connectivity index (χ2n) is 8.31. The van der Waals surface area contributed by atoms with Crippen LogP contribution in [0.25, 0.3) is 11.3 Å². The first-order chi connectivity index (χ1) is 13.6. The van der Waals surface area contributed by atoms with E-state index in [4.69, 9.17) is 4.52 Å². The Hall–Kier alpha value is -2.70. The topological polar surface area (TPSA) is 75.4 Å². The van der Waals surface area contributed by atoms with Crippen molar-refractivity contribution in [3.63, 3.8) is 0 Å². The Bertz CT molecular complexity index is 827. The van der Waals surface area contributed by atoms with Crippen LogP contribution >= 0.6 is 0 Å². The van der Waals surface area contributed by atoms with Crippen LogP contribution < -0.4 is 5.32 Å². The molecule has 1 aliphatic heterocycles. The number of piperazine rings is 1. The lowest BCUT2D eigenvalue weighted by Crippen LogP contribution is -2.61. The maximum absolute atomic E-state index is 13.0. The van der Waals surface area contributed by atoms with Gasteiger partial charge in [0.05, 0.1) is 0 Å². The minimum Gasteiger partial charge on any atom is -0.355 e. The number of rotatable bonds is 3. The third kappa shape index (κ3) is 5.89. The summed E-state index contributed by atoms with van der Waals surface area (Å²) in [6.45, 7) is 12.6. The maximum atomic E-state index is 13.0. The summed E-state index contributed by atoms with van der Waals surface area (Å²) in [5.41, 5.74) is 0.751. The molecule has 1 aromatic heterocycles. The van der Waals surface area contributed by atoms with Crippen LogP contribution in [0.5, 0.6) is 0 Å². The Balaban J connectivity index is 0.000000687. The minimum atomic E-state index is -0.575. The number of halogens is 1. The van der Waals surface area contributed by atoms with Crippen molar-refractivity contribution in [1.29, 1.82) is 0 Å². The van der Waals surface area contributed by atoms with Gasteiger partial charge in [-0.3, -0.25) is 9.59 Å². The van der Waals surface area contributed by atoms with Crippen LogP contribution in [0, 0.1) is 17.7 Å². The molecule has 2 heterocycles. The van der Waals surface area contributed by atoms with E-state index in [0.717, 1.165) is 5.92 Å². The molecule has 0 aliphatic carbocycles. The van der Waals surface area contributed by atoms with Gasteiger partial charge in [0, 0.05) is 24.2 Å². The number of nitrogens with one attached hydrogen (secondary N) is 1. The van der Waals surface area contributed by atoms with Gasteiger partial charge in [0.25, 0.3) is 5.91 Å². The summed E-state index contributed by atoms with van der Waals surface area (Å²) in [4.78, 5) is 26.4. The normalized spacial score (nSPS) is 19.1. The molecule has 3 rings (SSSR count). The van der Waals surface area contributed by atoms with E-state index in [2.05, 4.69) is 31.2 Å². The fraction of sp³-hybridized carbons (Fsp3) is 0.500. The smallest absolute Gasteiger partial charge is 0.276 e. The molecular weight excluding hydrogens is 373 g/mol. The zero-order chi connectivity index (χ0) is 21.7. The van der Waals surface area contributed by atoms with Crippen LogP contribution in [0.3, 0.4) is 0 Å². The lowest BCUT2D eigenvalue weighted by molar-refractivity contribution is -0.129. The number of amides is 2. The molecule has 0 radical (unpaired) electrons. The van der Waals surface area contributed by atoms with Gasteiger partial charge in [0.2, 0.25) is 5.91 Å². The summed E-state index contributed by atoms with van der Waals surface area (Å²) in [6, 6.07) is 6.56. The van der Waals surface area contributed by atoms with Gasteiger partial charge in [0.15, 0.2) is 11.5 Å². The van der Waals surface area contributed by atoms with Crippen molar-refractivity contribution in [3.05, 3.63) is 41.8 Å². The van der Waals surface area contributed by atoms with E-state index in [0.29, 0.717) is 17.9 Å². The molecule has 7 heteroatoms. The zero-order valence-corrected chi connectivity index (χ0v) is 17.9. The van der Waals surface area contributed by atoms with Gasteiger partial charge in [0.1, 0.15) is 11.9 Å². The van der Waals surface area contributed by atoms with Crippen molar-refractivity contribution in [3.8, 4) is 11.3 Å². The van der Waals surface area contributed by atoms with Gasteiger partial charge >= 0.3 is 0 Å². The molecule has 0 spiro atoms. The maximum Gasteiger partial charge on any atom is 0.276 e. The Morgan fingerprint density at radius 1 is 1.21 bits per heavy atom. The number of hydrogen-bond acceptors (Lipinski definition) is 4. The van der Waals surface area contributed by atoms with Crippen molar-refractivity contribution in [2.24, 2.45) is 11.8 Å². The quantitative estimate of drug-likeness (QED) is 0.836. The highest BCUT2D eigenvalue weighted by Crippen LogP contribution is 2.23. The van der Waals surface area contributed by atoms with Crippen molar-refractivity contribution in [2.45, 2.75) is 53.6 Å². The van der Waals surface area contributed by atoms with Crippen LogP contribution in [0.2, 0.25) is 0 Å². The Morgan fingerprint density at radius 3 is 2.34 bits per heavy atom. The summed E-state index contributed by atoms with van der Waals surface area (Å²) in [5, 5.41) is 6.75. The van der Waals surface area contributed by atoms with E-state index < -0.39 is 6.04 Å². The largest absolute Gasteiger partial charge is 0.355 e. The third-order valence-electron chi connectivity index (χ3n) is 4.49. The van der Waals surface area contributed by atoms with Gasteiger partial charge in [-0.25, -0.2) is 4.39 Å². The van der Waals surface area contributed by atoms with Crippen LogP contribution in [0.4, 0.5) is 4.39 Å². The highest BCUT2D eigenvalue weighted by Gasteiger charge is 2.36. The monoisotopic (exact) mass is 403 g/mol. The van der Waals surface area contributed by atoms with Crippen LogP contribution in [-0.4, -0.2) is 40.5 Å². The Labute approximate surface area is 171 Å². The standard InChI is InChI=1S/C18H20FN3O3.C4H10/c1-10(2)15-9-22(11(3)17(23)20-15)18(24)14-8-16(25-21-14)12-4-6-13(19)7-5-12;1-4(2)3/h4-8,10-11,15H,9H2,1-3H3,(H,20,23);4H,1-3H3. The SMILES string of the molecule is CC(C)C.CC(C)C1CN(C(=O)c2cc(-c3ccc(F)cc3)on2)C(C)C(=O)N1. The summed E-state index contributed by atoms with van der Waals surface area (Å²) in [5.74, 6) is 0.523. The summed E-state index contributed by atoms with van der Waals surface area (Å²) in [7, 11) is 0. The zero-order valence-electron chi connectivity index (χ0n) is 17.9. The average molecular weight is 403 g/mol. The first-order valence-electron chi connectivity index (χ1n) is 9.94. The van der Waals surface area contributed by atoms with Gasteiger partial charge in [-0.15, -0.1) is 0 Å². The van der Waals surface area contributed by atoms with E-state index in [1.807, 2.05) is 13.8 Å². The molecule has 1 fully saturated rings. The predicted molar refractivity (Wildman–Crippen MR) is 110 cm³/mol. The van der Waals surface area contributed by atoms with E-state index in [-0.39, 0.29) is 35.3 Å². The lowest BCUT2D eigenvalue weighted by Gasteiger charge is -2.39. The van der Waals surface area contributed by atoms with E-state index in [1.54, 1.807) is 19.1 Å². The second kappa shape index (κ2) is 9.67. The van der Waals surface area contributed by atoms with Crippen LogP contribution in [0.1, 0.15) is 52.0 Å². The number of aromatic nitrogens is 1. The molecule has 29 heavy (non-hydrogen) atoms. The first kappa shape index (κ1) is 22.6. The van der Waals surface area contributed by atoms with Crippen molar-refractivity contribution < 1.29 is 18.5 Å². The van der Waals surface area contributed by atoms with Crippen LogP contribution in [0.15, 0.2) is 34.9 Å². The molecule has 2 atom stereocenters. The van der Waals surface area contributed by atoms with Crippen molar-refractivity contribution in [1.82, 2.24) is 15.4 Å². The molecule has 2 amide bonds. The molecule has 6 nitrogen and oxygen atoms in total. The minimum absolute atomic E-state index is 0.101. The van der Waals surface area contributed by atoms with Gasteiger partial charge < -0.3 is 14.7 Å². The number of carbonyl (C=O) groups excluding carboxylic acids is 2. The summed E-state index contributed by atoms with van der Waals surface area (Å²) >= 11 is 0. The van der Waals surface area contributed by atoms with E-state index in [9.17, 15) is 14.0 Å². The van der Waals surface area contributed by atoms with Gasteiger partial charge in [-0.2, -0.15) is 0 Å². The average Bonchev–Trinajstić information content (AvgIpc) is 3.13. The molecule has 0 bridgehead atoms. The molecule has 1 N–H and O–H groups in total. The second-order valence-corrected chi connectivity index (χ2v) is 8.31. The van der Waals surface area contributed by atoms with Crippen molar-refractivity contribution in [2.75, 3.05) is 6.54 Å². The van der Waals surface area contributed by atoms with E-state index >= 15 is 0 Å². The summed E-state index contributed by atoms with van der Waals surface area (Å²) < 4.78 is 18.2. The lowest BCUT2D eigenvalue weighted by atomic mass is 9.99. The molecule has 158 valence electrons. The van der Waals surface area contributed by atoms with Crippen LogP contribution in [-0.2, 0) is 4.79 Å². The Morgan fingerprint density at radius 2 is 1.79 bits per heavy atom. The fourth-order valence-electron chi connectivity index (χ4n) is 2.77. The predicted octanol–water partition coefficient (Wildman–Crippen LogP) is 4.13. The third-order valence-corrected chi connectivity index (χ3v) is 4.49. The highest BCUT2D eigenvalue weighted by molar-refractivity contribution is 5.97. The van der Waals surface area contributed by atoms with Crippen molar-refractivity contribution >= 4 is 11.8 Å². The number of carbonyl (C=O) groups is 2. The molecule has 0 saturated carbocycles.